The zero-order chi connectivity index (χ0) is 13.9. The summed E-state index contributed by atoms with van der Waals surface area (Å²) in [5.74, 6) is -0.380. The van der Waals surface area contributed by atoms with Crippen molar-refractivity contribution in [1.82, 2.24) is 0 Å². The van der Waals surface area contributed by atoms with Gasteiger partial charge in [-0.3, -0.25) is 10.1 Å². The van der Waals surface area contributed by atoms with E-state index in [1.54, 1.807) is 20.8 Å². The Hall–Kier alpha value is -2.11. The molecule has 0 aliphatic heterocycles. The van der Waals surface area contributed by atoms with Crippen LogP contribution in [0.5, 0.6) is 5.75 Å². The highest BCUT2D eigenvalue weighted by Crippen LogP contribution is 2.26. The van der Waals surface area contributed by atoms with Crippen molar-refractivity contribution in [3.63, 3.8) is 0 Å². The molecule has 18 heavy (non-hydrogen) atoms. The second kappa shape index (κ2) is 5.03. The van der Waals surface area contributed by atoms with Crippen LogP contribution in [0.4, 0.5) is 5.69 Å². The molecule has 0 atom stereocenters. The summed E-state index contributed by atoms with van der Waals surface area (Å²) in [5, 5.41) is 10.8. The molecule has 0 saturated carbocycles. The maximum atomic E-state index is 11.9. The van der Waals surface area contributed by atoms with E-state index in [0.29, 0.717) is 5.75 Å². The van der Waals surface area contributed by atoms with Gasteiger partial charge in [-0.15, -0.1) is 0 Å². The van der Waals surface area contributed by atoms with Crippen molar-refractivity contribution in [1.29, 1.82) is 0 Å². The number of methoxy groups -OCH3 is 1. The van der Waals surface area contributed by atoms with Crippen LogP contribution < -0.4 is 4.74 Å². The third kappa shape index (κ3) is 3.44. The first-order valence-corrected chi connectivity index (χ1v) is 5.30. The van der Waals surface area contributed by atoms with Gasteiger partial charge in [0.25, 0.3) is 5.69 Å². The number of carbonyl (C=O) groups is 1. The van der Waals surface area contributed by atoms with Gasteiger partial charge < -0.3 is 9.47 Å². The molecule has 6 nitrogen and oxygen atoms in total. The predicted molar refractivity (Wildman–Crippen MR) is 64.8 cm³/mol. The van der Waals surface area contributed by atoms with Gasteiger partial charge in [0.1, 0.15) is 16.9 Å². The van der Waals surface area contributed by atoms with E-state index in [1.807, 2.05) is 0 Å². The van der Waals surface area contributed by atoms with Crippen molar-refractivity contribution in [2.24, 2.45) is 0 Å². The molecule has 0 unspecified atom stereocenters. The van der Waals surface area contributed by atoms with Crippen LogP contribution in [0.25, 0.3) is 0 Å². The van der Waals surface area contributed by atoms with Crippen molar-refractivity contribution in [3.05, 3.63) is 33.9 Å². The molecule has 6 heteroatoms. The number of nitrogens with zero attached hydrogens (tertiary/aromatic N) is 1. The standard InChI is InChI=1S/C12H15NO5/c1-12(2,3)18-11(14)9-7-8(17-4)5-6-10(9)13(15)16/h5-7H,1-4H3. The lowest BCUT2D eigenvalue weighted by molar-refractivity contribution is -0.385. The summed E-state index contributed by atoms with van der Waals surface area (Å²) < 4.78 is 10.1. The highest BCUT2D eigenvalue weighted by atomic mass is 16.6. The summed E-state index contributed by atoms with van der Waals surface area (Å²) in [6.45, 7) is 5.07. The molecule has 0 bridgehead atoms. The quantitative estimate of drug-likeness (QED) is 0.470. The average Bonchev–Trinajstić information content (AvgIpc) is 2.25. The number of ether oxygens (including phenoxy) is 2. The number of nitro benzene ring substituents is 1. The number of esters is 1. The van der Waals surface area contributed by atoms with E-state index in [9.17, 15) is 14.9 Å². The van der Waals surface area contributed by atoms with Crippen LogP contribution in [0.15, 0.2) is 18.2 Å². The lowest BCUT2D eigenvalue weighted by Crippen LogP contribution is -2.24. The molecule has 0 aliphatic carbocycles. The number of hydrogen-bond acceptors (Lipinski definition) is 5. The third-order valence-corrected chi connectivity index (χ3v) is 2.02. The highest BCUT2D eigenvalue weighted by Gasteiger charge is 2.26. The minimum Gasteiger partial charge on any atom is -0.497 e. The fraction of sp³-hybridized carbons (Fsp3) is 0.417. The zero-order valence-electron chi connectivity index (χ0n) is 10.7. The topological polar surface area (TPSA) is 78.7 Å². The summed E-state index contributed by atoms with van der Waals surface area (Å²) in [6.07, 6.45) is 0. The molecule has 0 aliphatic rings. The molecule has 0 radical (unpaired) electrons. The van der Waals surface area contributed by atoms with Crippen molar-refractivity contribution in [3.8, 4) is 5.75 Å². The summed E-state index contributed by atoms with van der Waals surface area (Å²) >= 11 is 0. The molecule has 0 spiro atoms. The summed E-state index contributed by atoms with van der Waals surface area (Å²) in [7, 11) is 1.42. The molecule has 98 valence electrons. The van der Waals surface area contributed by atoms with Gasteiger partial charge in [0.2, 0.25) is 0 Å². The number of nitro groups is 1. The fourth-order valence-corrected chi connectivity index (χ4v) is 1.30. The Bertz CT molecular complexity index is 476. The van der Waals surface area contributed by atoms with Gasteiger partial charge in [0.05, 0.1) is 12.0 Å². The van der Waals surface area contributed by atoms with E-state index in [-0.39, 0.29) is 11.3 Å². The maximum Gasteiger partial charge on any atom is 0.345 e. The lowest BCUT2D eigenvalue weighted by Gasteiger charge is -2.19. The molecule has 0 saturated heterocycles. The van der Waals surface area contributed by atoms with Crippen LogP contribution >= 0.6 is 0 Å². The zero-order valence-corrected chi connectivity index (χ0v) is 10.7. The Balaban J connectivity index is 3.19. The number of carbonyl (C=O) groups excluding carboxylic acids is 1. The highest BCUT2D eigenvalue weighted by molar-refractivity contribution is 5.94. The molecule has 1 rings (SSSR count). The maximum absolute atomic E-state index is 11.9. The van der Waals surface area contributed by atoms with Crippen LogP contribution in [0.1, 0.15) is 31.1 Å². The molecule has 0 aromatic heterocycles. The van der Waals surface area contributed by atoms with Gasteiger partial charge >= 0.3 is 5.97 Å². The van der Waals surface area contributed by atoms with Crippen LogP contribution in [0.2, 0.25) is 0 Å². The molecule has 1 aromatic carbocycles. The predicted octanol–water partition coefficient (Wildman–Crippen LogP) is 2.56. The summed E-state index contributed by atoms with van der Waals surface area (Å²) in [4.78, 5) is 22.1. The molecule has 0 fully saturated rings. The normalized spacial score (nSPS) is 10.9. The lowest BCUT2D eigenvalue weighted by atomic mass is 10.1. The van der Waals surface area contributed by atoms with Gasteiger partial charge in [-0.25, -0.2) is 4.79 Å². The first-order valence-electron chi connectivity index (χ1n) is 5.30. The van der Waals surface area contributed by atoms with Crippen molar-refractivity contribution in [2.45, 2.75) is 26.4 Å². The Kier molecular flexibility index (Phi) is 3.90. The Morgan fingerprint density at radius 2 is 1.94 bits per heavy atom. The molecule has 1 aromatic rings. The van der Waals surface area contributed by atoms with E-state index in [2.05, 4.69) is 0 Å². The Morgan fingerprint density at radius 3 is 2.39 bits per heavy atom. The first kappa shape index (κ1) is 14.0. The Morgan fingerprint density at radius 1 is 1.33 bits per heavy atom. The van der Waals surface area contributed by atoms with Crippen LogP contribution in [-0.4, -0.2) is 23.6 Å². The molecule has 0 N–H and O–H groups in total. The van der Waals surface area contributed by atoms with E-state index >= 15 is 0 Å². The van der Waals surface area contributed by atoms with Gasteiger partial charge in [-0.1, -0.05) is 0 Å². The summed E-state index contributed by atoms with van der Waals surface area (Å²) in [5.41, 5.74) is -1.13. The van der Waals surface area contributed by atoms with E-state index < -0.39 is 16.5 Å². The second-order valence-electron chi connectivity index (χ2n) is 4.64. The number of rotatable bonds is 3. The minimum atomic E-state index is -0.743. The molecule has 0 amide bonds. The number of benzene rings is 1. The monoisotopic (exact) mass is 253 g/mol. The Labute approximate surface area is 105 Å². The van der Waals surface area contributed by atoms with E-state index in [4.69, 9.17) is 9.47 Å². The van der Waals surface area contributed by atoms with E-state index in [0.717, 1.165) is 0 Å². The molecular formula is C12H15NO5. The van der Waals surface area contributed by atoms with Crippen molar-refractivity contribution in [2.75, 3.05) is 7.11 Å². The summed E-state index contributed by atoms with van der Waals surface area (Å²) in [6, 6.07) is 3.94. The fourth-order valence-electron chi connectivity index (χ4n) is 1.30. The van der Waals surface area contributed by atoms with Crippen LogP contribution in [0.3, 0.4) is 0 Å². The minimum absolute atomic E-state index is 0.116. The largest absolute Gasteiger partial charge is 0.497 e. The van der Waals surface area contributed by atoms with Gasteiger partial charge in [0, 0.05) is 12.1 Å². The van der Waals surface area contributed by atoms with Gasteiger partial charge in [0.15, 0.2) is 0 Å². The molecular weight excluding hydrogens is 238 g/mol. The first-order chi connectivity index (χ1) is 8.24. The van der Waals surface area contributed by atoms with Crippen LogP contribution in [-0.2, 0) is 4.74 Å². The van der Waals surface area contributed by atoms with Crippen molar-refractivity contribution < 1.29 is 19.2 Å². The van der Waals surface area contributed by atoms with Gasteiger partial charge in [-0.05, 0) is 26.8 Å². The van der Waals surface area contributed by atoms with Crippen molar-refractivity contribution >= 4 is 11.7 Å². The SMILES string of the molecule is COc1ccc([N+](=O)[O-])c(C(=O)OC(C)(C)C)c1. The smallest absolute Gasteiger partial charge is 0.345 e. The van der Waals surface area contributed by atoms with Crippen LogP contribution in [0, 0.1) is 10.1 Å². The average molecular weight is 253 g/mol. The van der Waals surface area contributed by atoms with Gasteiger partial charge in [-0.2, -0.15) is 0 Å². The third-order valence-electron chi connectivity index (χ3n) is 2.02. The molecule has 0 heterocycles. The van der Waals surface area contributed by atoms with E-state index in [1.165, 1.54) is 25.3 Å². The number of hydrogen-bond donors (Lipinski definition) is 0. The second-order valence-corrected chi connectivity index (χ2v) is 4.64.